The minimum absolute atomic E-state index is 0.0561. The molecule has 0 saturated carbocycles. The molecule has 2 rings (SSSR count). The van der Waals surface area contributed by atoms with Gasteiger partial charge in [-0.15, -0.1) is 11.3 Å². The monoisotopic (exact) mass is 301 g/mol. The first-order chi connectivity index (χ1) is 9.95. The van der Waals surface area contributed by atoms with Gasteiger partial charge in [-0.25, -0.2) is 4.98 Å². The van der Waals surface area contributed by atoms with Gasteiger partial charge in [-0.3, -0.25) is 14.9 Å². The molecule has 0 aliphatic rings. The molecule has 1 unspecified atom stereocenters. The number of benzene rings is 1. The van der Waals surface area contributed by atoms with E-state index in [1.54, 1.807) is 31.4 Å². The van der Waals surface area contributed by atoms with Crippen LogP contribution in [-0.2, 0) is 0 Å². The van der Waals surface area contributed by atoms with E-state index < -0.39 is 16.6 Å². The van der Waals surface area contributed by atoms with Crippen molar-refractivity contribution in [2.75, 3.05) is 0 Å². The predicted octanol–water partition coefficient (Wildman–Crippen LogP) is 3.16. The predicted molar refractivity (Wildman–Crippen MR) is 77.4 cm³/mol. The Balaban J connectivity index is 2.51. The summed E-state index contributed by atoms with van der Waals surface area (Å²) in [6, 6.07) is 6.39. The fourth-order valence-corrected chi connectivity index (χ4v) is 2.82. The molecule has 1 atom stereocenters. The maximum atomic E-state index is 12.5. The minimum Gasteiger partial charge on any atom is -0.292 e. The van der Waals surface area contributed by atoms with Gasteiger partial charge in [-0.1, -0.05) is 12.1 Å². The van der Waals surface area contributed by atoms with Gasteiger partial charge >= 0.3 is 0 Å². The Bertz CT molecular complexity index is 761. The van der Waals surface area contributed by atoms with E-state index in [2.05, 4.69) is 4.98 Å². The second kappa shape index (κ2) is 5.81. The molecule has 0 bridgehead atoms. The van der Waals surface area contributed by atoms with E-state index in [4.69, 9.17) is 0 Å². The number of aryl methyl sites for hydroxylation is 2. The summed E-state index contributed by atoms with van der Waals surface area (Å²) < 4.78 is 0. The average Bonchev–Trinajstić information content (AvgIpc) is 2.85. The second-order valence-electron chi connectivity index (χ2n) is 4.48. The number of hydrogen-bond acceptors (Lipinski definition) is 6. The number of hydrogen-bond donors (Lipinski definition) is 0. The molecule has 1 heterocycles. The third-order valence-corrected chi connectivity index (χ3v) is 3.99. The van der Waals surface area contributed by atoms with E-state index in [1.807, 2.05) is 6.07 Å². The third kappa shape index (κ3) is 2.80. The molecule has 0 radical (unpaired) electrons. The zero-order valence-electron chi connectivity index (χ0n) is 11.4. The van der Waals surface area contributed by atoms with Gasteiger partial charge in [-0.05, 0) is 19.9 Å². The normalized spacial score (nSPS) is 11.7. The van der Waals surface area contributed by atoms with Crippen LogP contribution < -0.4 is 0 Å². The minimum atomic E-state index is -1.12. The molecule has 0 N–H and O–H groups in total. The lowest BCUT2D eigenvalue weighted by molar-refractivity contribution is -0.385. The maximum Gasteiger partial charge on any atom is 0.283 e. The molecule has 2 aromatic rings. The van der Waals surface area contributed by atoms with Crippen LogP contribution in [0.4, 0.5) is 5.69 Å². The summed E-state index contributed by atoms with van der Waals surface area (Å²) in [6.07, 6.45) is 0. The molecule has 0 aliphatic heterocycles. The summed E-state index contributed by atoms with van der Waals surface area (Å²) in [7, 11) is 0. The fraction of sp³-hybridized carbons (Fsp3) is 0.214. The number of carbonyl (C=O) groups excluding carboxylic acids is 1. The van der Waals surface area contributed by atoms with Crippen LogP contribution in [0.25, 0.3) is 0 Å². The zero-order valence-corrected chi connectivity index (χ0v) is 12.2. The number of nitriles is 1. The van der Waals surface area contributed by atoms with Crippen molar-refractivity contribution in [1.29, 1.82) is 5.26 Å². The lowest BCUT2D eigenvalue weighted by Crippen LogP contribution is -2.13. The molecule has 7 heteroatoms. The maximum absolute atomic E-state index is 12.5. The smallest absolute Gasteiger partial charge is 0.283 e. The Morgan fingerprint density at radius 2 is 2.19 bits per heavy atom. The van der Waals surface area contributed by atoms with Crippen LogP contribution in [0.2, 0.25) is 0 Å². The van der Waals surface area contributed by atoms with Gasteiger partial charge in [0.1, 0.15) is 5.01 Å². The highest BCUT2D eigenvalue weighted by molar-refractivity contribution is 7.10. The molecule has 0 fully saturated rings. The third-order valence-electron chi connectivity index (χ3n) is 2.96. The fourth-order valence-electron chi connectivity index (χ4n) is 1.99. The van der Waals surface area contributed by atoms with Crippen LogP contribution in [0.15, 0.2) is 23.6 Å². The SMILES string of the molecule is Cc1csc(C(C#N)C(=O)c2cccc(C)c2[N+](=O)[O-])n1. The topological polar surface area (TPSA) is 96.9 Å². The number of carbonyl (C=O) groups is 1. The molecule has 1 aromatic carbocycles. The van der Waals surface area contributed by atoms with Crippen molar-refractivity contribution >= 4 is 22.8 Å². The number of rotatable bonds is 4. The summed E-state index contributed by atoms with van der Waals surface area (Å²) in [5.74, 6) is -1.72. The van der Waals surface area contributed by atoms with E-state index >= 15 is 0 Å². The van der Waals surface area contributed by atoms with Crippen molar-refractivity contribution in [1.82, 2.24) is 4.98 Å². The summed E-state index contributed by atoms with van der Waals surface area (Å²) >= 11 is 1.20. The lowest BCUT2D eigenvalue weighted by Gasteiger charge is -2.07. The molecule has 0 amide bonds. The molecular weight excluding hydrogens is 290 g/mol. The van der Waals surface area contributed by atoms with Crippen molar-refractivity contribution in [2.45, 2.75) is 19.8 Å². The number of ketones is 1. The standard InChI is InChI=1S/C14H11N3O3S/c1-8-4-3-5-10(12(8)17(19)20)13(18)11(6-15)14-16-9(2)7-21-14/h3-5,7,11H,1-2H3. The number of Topliss-reactive ketones (excluding diaryl/α,β-unsaturated/α-hetero) is 1. The summed E-state index contributed by atoms with van der Waals surface area (Å²) in [6.45, 7) is 3.32. The van der Waals surface area contributed by atoms with Crippen LogP contribution in [0.1, 0.15) is 32.5 Å². The number of aromatic nitrogens is 1. The van der Waals surface area contributed by atoms with Crippen LogP contribution in [0.3, 0.4) is 0 Å². The molecule has 21 heavy (non-hydrogen) atoms. The van der Waals surface area contributed by atoms with Crippen molar-refractivity contribution in [3.63, 3.8) is 0 Å². The quantitative estimate of drug-likeness (QED) is 0.491. The first kappa shape index (κ1) is 14.8. The Kier molecular flexibility index (Phi) is 4.10. The highest BCUT2D eigenvalue weighted by Crippen LogP contribution is 2.30. The number of nitrogens with zero attached hydrogens (tertiary/aromatic N) is 3. The second-order valence-corrected chi connectivity index (χ2v) is 5.37. The first-order valence-corrected chi connectivity index (χ1v) is 6.93. The highest BCUT2D eigenvalue weighted by Gasteiger charge is 2.30. The van der Waals surface area contributed by atoms with Gasteiger partial charge < -0.3 is 0 Å². The van der Waals surface area contributed by atoms with Gasteiger partial charge in [0.15, 0.2) is 11.7 Å². The van der Waals surface area contributed by atoms with Crippen molar-refractivity contribution in [3.05, 3.63) is 55.5 Å². The van der Waals surface area contributed by atoms with E-state index in [0.29, 0.717) is 16.3 Å². The average molecular weight is 301 g/mol. The number of nitro benzene ring substituents is 1. The Morgan fingerprint density at radius 1 is 1.48 bits per heavy atom. The van der Waals surface area contributed by atoms with E-state index in [1.165, 1.54) is 17.4 Å². The van der Waals surface area contributed by atoms with Gasteiger partial charge in [0.2, 0.25) is 0 Å². The Morgan fingerprint density at radius 3 is 2.71 bits per heavy atom. The number of nitro groups is 1. The number of para-hydroxylation sites is 1. The molecule has 0 spiro atoms. The Labute approximate surface area is 124 Å². The molecule has 0 saturated heterocycles. The van der Waals surface area contributed by atoms with Crippen LogP contribution >= 0.6 is 11.3 Å². The van der Waals surface area contributed by atoms with E-state index in [0.717, 1.165) is 0 Å². The van der Waals surface area contributed by atoms with Gasteiger partial charge in [0.25, 0.3) is 5.69 Å². The molecule has 6 nitrogen and oxygen atoms in total. The number of thiazole rings is 1. The van der Waals surface area contributed by atoms with Crippen molar-refractivity contribution < 1.29 is 9.72 Å². The molecular formula is C14H11N3O3S. The van der Waals surface area contributed by atoms with Crippen LogP contribution in [-0.4, -0.2) is 15.7 Å². The largest absolute Gasteiger partial charge is 0.292 e. The zero-order chi connectivity index (χ0) is 15.6. The molecule has 0 aliphatic carbocycles. The lowest BCUT2D eigenvalue weighted by atomic mass is 9.96. The Hall–Kier alpha value is -2.59. The van der Waals surface area contributed by atoms with Crippen LogP contribution in [0, 0.1) is 35.3 Å². The summed E-state index contributed by atoms with van der Waals surface area (Å²) in [4.78, 5) is 27.2. The van der Waals surface area contributed by atoms with Gasteiger partial charge in [0.05, 0.1) is 16.6 Å². The van der Waals surface area contributed by atoms with Gasteiger partial charge in [-0.2, -0.15) is 5.26 Å². The first-order valence-electron chi connectivity index (χ1n) is 6.05. The van der Waals surface area contributed by atoms with Crippen LogP contribution in [0.5, 0.6) is 0 Å². The molecule has 1 aromatic heterocycles. The highest BCUT2D eigenvalue weighted by atomic mass is 32.1. The van der Waals surface area contributed by atoms with E-state index in [9.17, 15) is 20.2 Å². The van der Waals surface area contributed by atoms with Gasteiger partial charge in [0, 0.05) is 16.6 Å². The summed E-state index contributed by atoms with van der Waals surface area (Å²) in [5.41, 5.74) is 0.787. The molecule has 106 valence electrons. The van der Waals surface area contributed by atoms with Crippen molar-refractivity contribution in [3.8, 4) is 6.07 Å². The van der Waals surface area contributed by atoms with Crippen molar-refractivity contribution in [2.24, 2.45) is 0 Å². The van der Waals surface area contributed by atoms with E-state index in [-0.39, 0.29) is 11.3 Å². The summed E-state index contributed by atoms with van der Waals surface area (Å²) in [5, 5.41) is 22.5.